The van der Waals surface area contributed by atoms with Crippen LogP contribution in [0.25, 0.3) is 10.7 Å². The van der Waals surface area contributed by atoms with Crippen molar-refractivity contribution in [3.05, 3.63) is 43.7 Å². The second kappa shape index (κ2) is 7.94. The van der Waals surface area contributed by atoms with E-state index in [1.807, 2.05) is 37.4 Å². The molecule has 0 aliphatic rings. The zero-order valence-corrected chi connectivity index (χ0v) is 16.6. The molecule has 0 aromatic carbocycles. The summed E-state index contributed by atoms with van der Waals surface area (Å²) in [7, 11) is 0. The summed E-state index contributed by atoms with van der Waals surface area (Å²) in [4.78, 5) is 27.0. The van der Waals surface area contributed by atoms with Gasteiger partial charge in [0.1, 0.15) is 6.54 Å². The lowest BCUT2D eigenvalue weighted by atomic mass is 10.2. The van der Waals surface area contributed by atoms with E-state index in [0.717, 1.165) is 21.7 Å². The minimum absolute atomic E-state index is 0.0491. The zero-order chi connectivity index (χ0) is 18.7. The summed E-state index contributed by atoms with van der Waals surface area (Å²) >= 11 is 8.12. The third-order valence-electron chi connectivity index (χ3n) is 3.68. The molecular formula is C16H17N5O2S3. The molecular weight excluding hydrogens is 390 g/mol. The van der Waals surface area contributed by atoms with Crippen LogP contribution in [0.3, 0.4) is 0 Å². The standard InChI is InChI=1S/C16H17N5O2S3/c1-3-10-9(2)7-12(26-10)15(23)19-17-13(22)8-21-14(18-20-16(21)24)11-5-4-6-25-11/h4-7H,3,8H2,1-2H3,(H,17,22)(H,19,23)(H,20,24). The van der Waals surface area contributed by atoms with Crippen LogP contribution in [0.4, 0.5) is 0 Å². The number of aromatic nitrogens is 3. The Balaban J connectivity index is 1.64. The molecule has 3 rings (SSSR count). The fourth-order valence-corrected chi connectivity index (χ4v) is 4.34. The number of amides is 2. The average Bonchev–Trinajstić information content (AvgIpc) is 3.34. The Bertz CT molecular complexity index is 984. The molecule has 3 N–H and O–H groups in total. The number of nitrogens with zero attached hydrogens (tertiary/aromatic N) is 2. The normalized spacial score (nSPS) is 10.7. The lowest BCUT2D eigenvalue weighted by molar-refractivity contribution is -0.122. The quantitative estimate of drug-likeness (QED) is 0.448. The predicted molar refractivity (Wildman–Crippen MR) is 105 cm³/mol. The molecule has 10 heteroatoms. The van der Waals surface area contributed by atoms with Crippen LogP contribution >= 0.6 is 34.9 Å². The lowest BCUT2D eigenvalue weighted by Gasteiger charge is -2.08. The van der Waals surface area contributed by atoms with Crippen molar-refractivity contribution in [1.82, 2.24) is 25.6 Å². The molecule has 3 aromatic heterocycles. The number of hydrogen-bond acceptors (Lipinski definition) is 6. The predicted octanol–water partition coefficient (Wildman–Crippen LogP) is 3.06. The molecule has 0 aliphatic carbocycles. The summed E-state index contributed by atoms with van der Waals surface area (Å²) in [5.74, 6) is -0.133. The number of carbonyl (C=O) groups is 2. The number of nitrogens with one attached hydrogen (secondary N) is 3. The highest BCUT2D eigenvalue weighted by Gasteiger charge is 2.15. The smallest absolute Gasteiger partial charge is 0.279 e. The average molecular weight is 408 g/mol. The number of aryl methyl sites for hydroxylation is 2. The molecule has 3 heterocycles. The molecule has 136 valence electrons. The topological polar surface area (TPSA) is 91.8 Å². The summed E-state index contributed by atoms with van der Waals surface area (Å²) in [5.41, 5.74) is 5.96. The van der Waals surface area contributed by atoms with E-state index in [1.54, 1.807) is 4.57 Å². The summed E-state index contributed by atoms with van der Waals surface area (Å²) < 4.78 is 1.93. The molecule has 26 heavy (non-hydrogen) atoms. The molecule has 2 amide bonds. The summed E-state index contributed by atoms with van der Waals surface area (Å²) in [6.07, 6.45) is 0.875. The first-order valence-corrected chi connectivity index (χ1v) is 9.97. The fourth-order valence-electron chi connectivity index (χ4n) is 2.41. The Morgan fingerprint density at radius 3 is 2.85 bits per heavy atom. The zero-order valence-electron chi connectivity index (χ0n) is 14.2. The third kappa shape index (κ3) is 3.92. The van der Waals surface area contributed by atoms with Gasteiger partial charge >= 0.3 is 0 Å². The van der Waals surface area contributed by atoms with Gasteiger partial charge in [-0.3, -0.25) is 30.1 Å². The van der Waals surface area contributed by atoms with Crippen molar-refractivity contribution in [2.45, 2.75) is 26.8 Å². The van der Waals surface area contributed by atoms with Crippen LogP contribution in [0.1, 0.15) is 27.0 Å². The Labute approximate surface area is 163 Å². The monoisotopic (exact) mass is 407 g/mol. The minimum Gasteiger partial charge on any atom is -0.290 e. The van der Waals surface area contributed by atoms with Gasteiger partial charge < -0.3 is 0 Å². The Hall–Kier alpha value is -2.30. The summed E-state index contributed by atoms with van der Waals surface area (Å²) in [6.45, 7) is 3.96. The Morgan fingerprint density at radius 2 is 2.19 bits per heavy atom. The molecule has 0 saturated carbocycles. The van der Waals surface area contributed by atoms with Crippen molar-refractivity contribution in [3.63, 3.8) is 0 Å². The van der Waals surface area contributed by atoms with Gasteiger partial charge in [0.25, 0.3) is 11.8 Å². The van der Waals surface area contributed by atoms with Gasteiger partial charge in [0.15, 0.2) is 10.6 Å². The van der Waals surface area contributed by atoms with Crippen LogP contribution in [-0.4, -0.2) is 26.6 Å². The maximum absolute atomic E-state index is 12.2. The van der Waals surface area contributed by atoms with E-state index in [4.69, 9.17) is 12.2 Å². The van der Waals surface area contributed by atoms with E-state index >= 15 is 0 Å². The lowest BCUT2D eigenvalue weighted by Crippen LogP contribution is -2.43. The van der Waals surface area contributed by atoms with Crippen LogP contribution < -0.4 is 10.9 Å². The molecule has 3 aromatic rings. The van der Waals surface area contributed by atoms with Crippen molar-refractivity contribution in [1.29, 1.82) is 0 Å². The van der Waals surface area contributed by atoms with Gasteiger partial charge in [-0.15, -0.1) is 22.7 Å². The van der Waals surface area contributed by atoms with Gasteiger partial charge in [-0.1, -0.05) is 13.0 Å². The Kier molecular flexibility index (Phi) is 5.64. The fraction of sp³-hybridized carbons (Fsp3) is 0.250. The van der Waals surface area contributed by atoms with Gasteiger partial charge in [0.05, 0.1) is 9.75 Å². The van der Waals surface area contributed by atoms with Gasteiger partial charge in [0, 0.05) is 4.88 Å². The van der Waals surface area contributed by atoms with Gasteiger partial charge in [-0.05, 0) is 48.6 Å². The van der Waals surface area contributed by atoms with Crippen molar-refractivity contribution in [2.24, 2.45) is 0 Å². The first-order chi connectivity index (χ1) is 12.5. The van der Waals surface area contributed by atoms with Crippen LogP contribution in [-0.2, 0) is 17.8 Å². The van der Waals surface area contributed by atoms with Crippen LogP contribution in [0.5, 0.6) is 0 Å². The first kappa shape index (κ1) is 18.5. The van der Waals surface area contributed by atoms with E-state index in [1.165, 1.54) is 22.7 Å². The van der Waals surface area contributed by atoms with E-state index in [9.17, 15) is 9.59 Å². The van der Waals surface area contributed by atoms with Gasteiger partial charge in [-0.25, -0.2) is 0 Å². The minimum atomic E-state index is -0.391. The number of thiophene rings is 2. The molecule has 0 saturated heterocycles. The van der Waals surface area contributed by atoms with E-state index < -0.39 is 5.91 Å². The SMILES string of the molecule is CCc1sc(C(=O)NNC(=O)Cn2c(-c3cccs3)n[nH]c2=S)cc1C. The molecule has 0 unspecified atom stereocenters. The Morgan fingerprint density at radius 1 is 1.38 bits per heavy atom. The molecule has 0 bridgehead atoms. The highest BCUT2D eigenvalue weighted by atomic mass is 32.1. The number of H-pyrrole nitrogens is 1. The third-order valence-corrected chi connectivity index (χ3v) is 6.24. The highest BCUT2D eigenvalue weighted by molar-refractivity contribution is 7.71. The van der Waals surface area contributed by atoms with E-state index in [2.05, 4.69) is 21.0 Å². The number of hydrogen-bond donors (Lipinski definition) is 3. The molecule has 0 atom stereocenters. The van der Waals surface area contributed by atoms with Crippen LogP contribution in [0.15, 0.2) is 23.6 Å². The van der Waals surface area contributed by atoms with E-state index in [0.29, 0.717) is 15.5 Å². The van der Waals surface area contributed by atoms with Crippen molar-refractivity contribution in [2.75, 3.05) is 0 Å². The maximum atomic E-state index is 12.2. The number of carbonyl (C=O) groups excluding carboxylic acids is 2. The summed E-state index contributed by atoms with van der Waals surface area (Å²) in [5, 5.41) is 8.78. The number of hydrazine groups is 1. The first-order valence-electron chi connectivity index (χ1n) is 7.87. The van der Waals surface area contributed by atoms with Crippen LogP contribution in [0.2, 0.25) is 0 Å². The highest BCUT2D eigenvalue weighted by Crippen LogP contribution is 2.23. The molecule has 7 nitrogen and oxygen atoms in total. The molecule has 0 radical (unpaired) electrons. The van der Waals surface area contributed by atoms with Crippen molar-refractivity contribution >= 4 is 46.7 Å². The summed E-state index contributed by atoms with van der Waals surface area (Å²) in [6, 6.07) is 5.62. The second-order valence-corrected chi connectivity index (χ2v) is 7.96. The largest absolute Gasteiger partial charge is 0.290 e. The number of rotatable bonds is 5. The van der Waals surface area contributed by atoms with Crippen molar-refractivity contribution in [3.8, 4) is 10.7 Å². The van der Waals surface area contributed by atoms with Gasteiger partial charge in [0.2, 0.25) is 0 Å². The number of aromatic amines is 1. The molecule has 0 aliphatic heterocycles. The second-order valence-electron chi connectivity index (χ2n) is 5.49. The van der Waals surface area contributed by atoms with Crippen molar-refractivity contribution < 1.29 is 9.59 Å². The molecule has 0 fully saturated rings. The van der Waals surface area contributed by atoms with Gasteiger partial charge in [-0.2, -0.15) is 5.10 Å². The maximum Gasteiger partial charge on any atom is 0.279 e. The van der Waals surface area contributed by atoms with Crippen LogP contribution in [0, 0.1) is 11.7 Å². The molecule has 0 spiro atoms. The van der Waals surface area contributed by atoms with E-state index in [-0.39, 0.29) is 12.5 Å².